The normalized spacial score (nSPS) is 15.8. The van der Waals surface area contributed by atoms with Gasteiger partial charge in [-0.25, -0.2) is 0 Å². The fourth-order valence-electron chi connectivity index (χ4n) is 2.68. The fraction of sp³-hybridized carbons (Fsp3) is 0.500. The van der Waals surface area contributed by atoms with Gasteiger partial charge in [-0.1, -0.05) is 18.2 Å². The summed E-state index contributed by atoms with van der Waals surface area (Å²) >= 11 is 0. The molecule has 1 aliphatic heterocycles. The van der Waals surface area contributed by atoms with Crippen molar-refractivity contribution in [3.63, 3.8) is 0 Å². The molecule has 0 aromatic heterocycles. The smallest absolute Gasteiger partial charge is 0.227 e. The molecular formula is C16H23N3O2. The third-order valence-corrected chi connectivity index (χ3v) is 3.97. The van der Waals surface area contributed by atoms with Crippen LogP contribution >= 0.6 is 0 Å². The predicted octanol–water partition coefficient (Wildman–Crippen LogP) is 1.19. The van der Waals surface area contributed by atoms with Gasteiger partial charge in [-0.15, -0.1) is 0 Å². The Bertz CT molecular complexity index is 508. The molecule has 3 N–H and O–H groups in total. The Morgan fingerprint density at radius 2 is 1.95 bits per heavy atom. The lowest BCUT2D eigenvalue weighted by molar-refractivity contribution is -0.135. The summed E-state index contributed by atoms with van der Waals surface area (Å²) in [6, 6.07) is 7.44. The minimum absolute atomic E-state index is 0.0378. The number of likely N-dealkylation sites (tertiary alicyclic amines) is 1. The zero-order valence-electron chi connectivity index (χ0n) is 12.5. The predicted molar refractivity (Wildman–Crippen MR) is 82.5 cm³/mol. The minimum atomic E-state index is 0.0378. The monoisotopic (exact) mass is 289 g/mol. The third kappa shape index (κ3) is 3.97. The van der Waals surface area contributed by atoms with Crippen LogP contribution in [-0.2, 0) is 16.0 Å². The number of benzene rings is 1. The van der Waals surface area contributed by atoms with Crippen molar-refractivity contribution in [1.82, 2.24) is 10.2 Å². The first-order valence-corrected chi connectivity index (χ1v) is 7.50. The average Bonchev–Trinajstić information content (AvgIpc) is 2.50. The molecule has 2 rings (SSSR count). The van der Waals surface area contributed by atoms with Crippen molar-refractivity contribution in [2.75, 3.05) is 25.4 Å². The van der Waals surface area contributed by atoms with Gasteiger partial charge >= 0.3 is 0 Å². The molecule has 0 saturated carbocycles. The molecule has 5 heteroatoms. The number of amides is 2. The van der Waals surface area contributed by atoms with Crippen molar-refractivity contribution in [3.05, 3.63) is 29.8 Å². The van der Waals surface area contributed by atoms with Crippen LogP contribution in [0.5, 0.6) is 0 Å². The number of anilines is 1. The van der Waals surface area contributed by atoms with E-state index in [0.29, 0.717) is 31.7 Å². The number of hydrogen-bond acceptors (Lipinski definition) is 3. The SMILES string of the molecule is CCNC(=O)C1CCN(C(=O)Cc2ccccc2N)CC1. The number of carbonyl (C=O) groups is 2. The zero-order chi connectivity index (χ0) is 15.2. The molecule has 0 bridgehead atoms. The molecule has 1 aliphatic rings. The topological polar surface area (TPSA) is 75.4 Å². The summed E-state index contributed by atoms with van der Waals surface area (Å²) in [7, 11) is 0. The molecule has 5 nitrogen and oxygen atoms in total. The van der Waals surface area contributed by atoms with Crippen molar-refractivity contribution >= 4 is 17.5 Å². The Kier molecular flexibility index (Phi) is 5.20. The summed E-state index contributed by atoms with van der Waals surface area (Å²) < 4.78 is 0. The number of hydrogen-bond donors (Lipinski definition) is 2. The number of nitrogens with one attached hydrogen (secondary N) is 1. The maximum absolute atomic E-state index is 12.3. The Morgan fingerprint density at radius 1 is 1.29 bits per heavy atom. The van der Waals surface area contributed by atoms with Gasteiger partial charge in [0.05, 0.1) is 6.42 Å². The Hall–Kier alpha value is -2.04. The summed E-state index contributed by atoms with van der Waals surface area (Å²) in [6.07, 6.45) is 1.81. The number of rotatable bonds is 4. The van der Waals surface area contributed by atoms with E-state index in [2.05, 4.69) is 5.32 Å². The van der Waals surface area contributed by atoms with Gasteiger partial charge in [-0.2, -0.15) is 0 Å². The Balaban J connectivity index is 1.86. The summed E-state index contributed by atoms with van der Waals surface area (Å²) in [5.74, 6) is 0.231. The number of piperidine rings is 1. The molecule has 1 aromatic rings. The molecule has 1 heterocycles. The highest BCUT2D eigenvalue weighted by Gasteiger charge is 2.27. The number of nitrogens with two attached hydrogens (primary N) is 1. The molecule has 1 fully saturated rings. The van der Waals surface area contributed by atoms with Crippen molar-refractivity contribution < 1.29 is 9.59 Å². The first kappa shape index (κ1) is 15.4. The van der Waals surface area contributed by atoms with Gasteiger partial charge < -0.3 is 16.0 Å². The van der Waals surface area contributed by atoms with Crippen molar-refractivity contribution in [2.45, 2.75) is 26.2 Å². The molecule has 1 saturated heterocycles. The van der Waals surface area contributed by atoms with Gasteiger partial charge in [-0.3, -0.25) is 9.59 Å². The van der Waals surface area contributed by atoms with Crippen molar-refractivity contribution in [2.24, 2.45) is 5.92 Å². The molecule has 1 aromatic carbocycles. The molecule has 0 aliphatic carbocycles. The van der Waals surface area contributed by atoms with Crippen LogP contribution in [0.2, 0.25) is 0 Å². The number of carbonyl (C=O) groups excluding carboxylic acids is 2. The summed E-state index contributed by atoms with van der Waals surface area (Å²) in [5, 5.41) is 2.85. The van der Waals surface area contributed by atoms with E-state index in [9.17, 15) is 9.59 Å². The second kappa shape index (κ2) is 7.11. The van der Waals surface area contributed by atoms with E-state index in [1.54, 1.807) is 0 Å². The van der Waals surface area contributed by atoms with Crippen LogP contribution in [0.1, 0.15) is 25.3 Å². The van der Waals surface area contributed by atoms with E-state index < -0.39 is 0 Å². The van der Waals surface area contributed by atoms with Gasteiger partial charge in [0.15, 0.2) is 0 Å². The van der Waals surface area contributed by atoms with Crippen LogP contribution in [0.25, 0.3) is 0 Å². The molecular weight excluding hydrogens is 266 g/mol. The van der Waals surface area contributed by atoms with E-state index in [1.807, 2.05) is 36.1 Å². The second-order valence-corrected chi connectivity index (χ2v) is 5.43. The first-order chi connectivity index (χ1) is 10.1. The van der Waals surface area contributed by atoms with Crippen molar-refractivity contribution in [1.29, 1.82) is 0 Å². The van der Waals surface area contributed by atoms with Gasteiger partial charge in [-0.05, 0) is 31.4 Å². The average molecular weight is 289 g/mol. The van der Waals surface area contributed by atoms with E-state index in [1.165, 1.54) is 0 Å². The molecule has 0 atom stereocenters. The molecule has 0 spiro atoms. The number of nitrogen functional groups attached to an aromatic ring is 1. The third-order valence-electron chi connectivity index (χ3n) is 3.97. The summed E-state index contributed by atoms with van der Waals surface area (Å²) in [4.78, 5) is 25.9. The molecule has 114 valence electrons. The Morgan fingerprint density at radius 3 is 2.57 bits per heavy atom. The lowest BCUT2D eigenvalue weighted by atomic mass is 9.95. The lowest BCUT2D eigenvalue weighted by Gasteiger charge is -2.31. The van der Waals surface area contributed by atoms with Crippen LogP contribution in [0.4, 0.5) is 5.69 Å². The quantitative estimate of drug-likeness (QED) is 0.817. The van der Waals surface area contributed by atoms with E-state index in [-0.39, 0.29) is 17.7 Å². The minimum Gasteiger partial charge on any atom is -0.398 e. The first-order valence-electron chi connectivity index (χ1n) is 7.50. The maximum Gasteiger partial charge on any atom is 0.227 e. The fourth-order valence-corrected chi connectivity index (χ4v) is 2.68. The summed E-state index contributed by atoms with van der Waals surface area (Å²) in [6.45, 7) is 3.87. The molecule has 0 unspecified atom stereocenters. The standard InChI is InChI=1S/C16H23N3O2/c1-2-18-16(21)12-7-9-19(10-8-12)15(20)11-13-5-3-4-6-14(13)17/h3-6,12H,2,7-11,17H2,1H3,(H,18,21). The molecule has 2 amide bonds. The van der Waals surface area contributed by atoms with Gasteiger partial charge in [0, 0.05) is 31.2 Å². The van der Waals surface area contributed by atoms with Gasteiger partial charge in [0.25, 0.3) is 0 Å². The maximum atomic E-state index is 12.3. The van der Waals surface area contributed by atoms with Crippen LogP contribution < -0.4 is 11.1 Å². The largest absolute Gasteiger partial charge is 0.398 e. The zero-order valence-corrected chi connectivity index (χ0v) is 12.5. The molecule has 0 radical (unpaired) electrons. The highest BCUT2D eigenvalue weighted by Crippen LogP contribution is 2.19. The highest BCUT2D eigenvalue weighted by molar-refractivity contribution is 5.82. The van der Waals surface area contributed by atoms with Gasteiger partial charge in [0.1, 0.15) is 0 Å². The number of nitrogens with zero attached hydrogens (tertiary/aromatic N) is 1. The number of para-hydroxylation sites is 1. The summed E-state index contributed by atoms with van der Waals surface area (Å²) in [5.41, 5.74) is 7.39. The van der Waals surface area contributed by atoms with Crippen LogP contribution in [0.3, 0.4) is 0 Å². The van der Waals surface area contributed by atoms with Gasteiger partial charge in [0.2, 0.25) is 11.8 Å². The highest BCUT2D eigenvalue weighted by atomic mass is 16.2. The van der Waals surface area contributed by atoms with E-state index >= 15 is 0 Å². The Labute approximate surface area is 125 Å². The second-order valence-electron chi connectivity index (χ2n) is 5.43. The van der Waals surface area contributed by atoms with E-state index in [0.717, 1.165) is 18.4 Å². The molecule has 21 heavy (non-hydrogen) atoms. The van der Waals surface area contributed by atoms with Crippen LogP contribution in [0, 0.1) is 5.92 Å². The lowest BCUT2D eigenvalue weighted by Crippen LogP contribution is -2.43. The van der Waals surface area contributed by atoms with Crippen LogP contribution in [0.15, 0.2) is 24.3 Å². The van der Waals surface area contributed by atoms with Crippen LogP contribution in [-0.4, -0.2) is 36.3 Å². The van der Waals surface area contributed by atoms with Crippen molar-refractivity contribution in [3.8, 4) is 0 Å². The van der Waals surface area contributed by atoms with E-state index in [4.69, 9.17) is 5.73 Å².